The Morgan fingerprint density at radius 3 is 2.78 bits per heavy atom. The van der Waals surface area contributed by atoms with Gasteiger partial charge in [0.15, 0.2) is 0 Å². The highest BCUT2D eigenvalue weighted by Crippen LogP contribution is 2.26. The van der Waals surface area contributed by atoms with E-state index in [1.807, 2.05) is 30.3 Å². The number of hydrogen-bond donors (Lipinski definition) is 3. The number of para-hydroxylation sites is 1. The van der Waals surface area contributed by atoms with Crippen LogP contribution in [0.15, 0.2) is 30.3 Å². The number of benzene rings is 1. The molecule has 3 rings (SSSR count). The van der Waals surface area contributed by atoms with Gasteiger partial charge in [-0.25, -0.2) is 0 Å². The molecule has 0 unspecified atom stereocenters. The molecule has 2 heterocycles. The number of rotatable bonds is 7. The van der Waals surface area contributed by atoms with E-state index >= 15 is 0 Å². The van der Waals surface area contributed by atoms with Gasteiger partial charge in [0.25, 0.3) is 0 Å². The van der Waals surface area contributed by atoms with Gasteiger partial charge in [-0.3, -0.25) is 19.3 Å². The average molecular weight is 374 g/mol. The van der Waals surface area contributed by atoms with Crippen molar-refractivity contribution < 1.29 is 19.1 Å². The summed E-state index contributed by atoms with van der Waals surface area (Å²) in [6.07, 6.45) is 1.60. The molecule has 2 aliphatic rings. The maximum Gasteiger partial charge on any atom is 0.246 e. The molecule has 0 aliphatic carbocycles. The predicted molar refractivity (Wildman–Crippen MR) is 100 cm³/mol. The van der Waals surface area contributed by atoms with E-state index in [1.54, 1.807) is 0 Å². The van der Waals surface area contributed by atoms with E-state index in [1.165, 1.54) is 7.11 Å². The summed E-state index contributed by atoms with van der Waals surface area (Å²) in [7, 11) is 1.47. The van der Waals surface area contributed by atoms with Crippen molar-refractivity contribution in [2.45, 2.75) is 37.4 Å². The third kappa shape index (κ3) is 5.05. The number of amides is 3. The predicted octanol–water partition coefficient (Wildman–Crippen LogP) is 0.109. The van der Waals surface area contributed by atoms with Crippen LogP contribution in [0.1, 0.15) is 19.3 Å². The zero-order valence-electron chi connectivity index (χ0n) is 15.4. The number of anilines is 1. The number of fused-ring (bicyclic) bond motifs is 1. The molecule has 2 saturated heterocycles. The zero-order valence-corrected chi connectivity index (χ0v) is 15.4. The molecular formula is C19H26N4O4. The maximum atomic E-state index is 12.2. The Balaban J connectivity index is 1.52. The van der Waals surface area contributed by atoms with E-state index < -0.39 is 0 Å². The summed E-state index contributed by atoms with van der Waals surface area (Å²) in [4.78, 5) is 38.3. The van der Waals surface area contributed by atoms with Crippen molar-refractivity contribution >= 4 is 23.4 Å². The lowest BCUT2D eigenvalue weighted by molar-refractivity contribution is -0.129. The van der Waals surface area contributed by atoms with Crippen molar-refractivity contribution in [3.63, 3.8) is 0 Å². The summed E-state index contributed by atoms with van der Waals surface area (Å²) in [5.74, 6) is -0.233. The largest absolute Gasteiger partial charge is 0.375 e. The van der Waals surface area contributed by atoms with Crippen molar-refractivity contribution in [2.75, 3.05) is 32.1 Å². The standard InChI is InChI=1S/C19H26N4O4/c1-27-12-18(25)22-14-9-16-19(26)20-10-15(23(16)11-14)7-8-17(24)21-13-5-3-2-4-6-13/h2-6,14-16H,7-12H2,1H3,(H,20,26)(H,21,24)(H,22,25)/t14-,15-,16+/m1/s1. The molecule has 0 saturated carbocycles. The van der Waals surface area contributed by atoms with Gasteiger partial charge in [0.1, 0.15) is 6.61 Å². The first kappa shape index (κ1) is 19.3. The fourth-order valence-corrected chi connectivity index (χ4v) is 3.79. The van der Waals surface area contributed by atoms with E-state index in [0.717, 1.165) is 5.69 Å². The number of ether oxygens (including phenoxy) is 1. The summed E-state index contributed by atoms with van der Waals surface area (Å²) in [6, 6.07) is 9.09. The normalized spacial score (nSPS) is 24.8. The smallest absolute Gasteiger partial charge is 0.246 e. The molecule has 8 heteroatoms. The van der Waals surface area contributed by atoms with Crippen LogP contribution in [-0.2, 0) is 19.1 Å². The molecule has 0 aromatic heterocycles. The third-order valence-electron chi connectivity index (χ3n) is 5.03. The molecule has 3 N–H and O–H groups in total. The fourth-order valence-electron chi connectivity index (χ4n) is 3.79. The van der Waals surface area contributed by atoms with Crippen LogP contribution in [0.4, 0.5) is 5.69 Å². The highest BCUT2D eigenvalue weighted by Gasteiger charge is 2.43. The average Bonchev–Trinajstić information content (AvgIpc) is 3.07. The first-order valence-electron chi connectivity index (χ1n) is 9.23. The van der Waals surface area contributed by atoms with Gasteiger partial charge in [0.2, 0.25) is 17.7 Å². The van der Waals surface area contributed by atoms with Gasteiger partial charge in [-0.1, -0.05) is 18.2 Å². The van der Waals surface area contributed by atoms with Crippen LogP contribution in [0, 0.1) is 0 Å². The summed E-state index contributed by atoms with van der Waals surface area (Å²) < 4.78 is 4.84. The summed E-state index contributed by atoms with van der Waals surface area (Å²) in [5.41, 5.74) is 0.777. The maximum absolute atomic E-state index is 12.2. The second-order valence-corrected chi connectivity index (χ2v) is 7.00. The Kier molecular flexibility index (Phi) is 6.41. The third-order valence-corrected chi connectivity index (χ3v) is 5.03. The molecule has 1 aromatic rings. The summed E-state index contributed by atoms with van der Waals surface area (Å²) in [6.45, 7) is 1.14. The number of hydrogen-bond acceptors (Lipinski definition) is 5. The Morgan fingerprint density at radius 1 is 1.26 bits per heavy atom. The number of methoxy groups -OCH3 is 1. The topological polar surface area (TPSA) is 99.8 Å². The second kappa shape index (κ2) is 8.96. The fraction of sp³-hybridized carbons (Fsp3) is 0.526. The molecule has 146 valence electrons. The molecule has 0 spiro atoms. The Morgan fingerprint density at radius 2 is 2.04 bits per heavy atom. The molecule has 3 amide bonds. The van der Waals surface area contributed by atoms with Crippen molar-refractivity contribution in [2.24, 2.45) is 0 Å². The number of carbonyl (C=O) groups is 3. The number of nitrogens with one attached hydrogen (secondary N) is 3. The van der Waals surface area contributed by atoms with Crippen molar-refractivity contribution in [1.82, 2.24) is 15.5 Å². The van der Waals surface area contributed by atoms with Crippen LogP contribution in [-0.4, -0.2) is 67.6 Å². The first-order valence-corrected chi connectivity index (χ1v) is 9.23. The quantitative estimate of drug-likeness (QED) is 0.629. The number of piperazine rings is 1. The van der Waals surface area contributed by atoms with Crippen LogP contribution in [0.2, 0.25) is 0 Å². The van der Waals surface area contributed by atoms with Crippen LogP contribution in [0.5, 0.6) is 0 Å². The molecule has 2 fully saturated rings. The van der Waals surface area contributed by atoms with E-state index in [9.17, 15) is 14.4 Å². The zero-order chi connectivity index (χ0) is 19.2. The number of nitrogens with zero attached hydrogens (tertiary/aromatic N) is 1. The summed E-state index contributed by atoms with van der Waals surface area (Å²) in [5, 5.41) is 8.72. The van der Waals surface area contributed by atoms with Crippen LogP contribution < -0.4 is 16.0 Å². The monoisotopic (exact) mass is 374 g/mol. The van der Waals surface area contributed by atoms with Crippen LogP contribution >= 0.6 is 0 Å². The lowest BCUT2D eigenvalue weighted by Crippen LogP contribution is -2.58. The molecular weight excluding hydrogens is 348 g/mol. The molecule has 3 atom stereocenters. The van der Waals surface area contributed by atoms with Crippen molar-refractivity contribution in [1.29, 1.82) is 0 Å². The lowest BCUT2D eigenvalue weighted by Gasteiger charge is -2.37. The Bertz CT molecular complexity index is 682. The van der Waals surface area contributed by atoms with Crippen molar-refractivity contribution in [3.05, 3.63) is 30.3 Å². The highest BCUT2D eigenvalue weighted by atomic mass is 16.5. The molecule has 27 heavy (non-hydrogen) atoms. The van der Waals surface area contributed by atoms with Crippen LogP contribution in [0.3, 0.4) is 0 Å². The van der Waals surface area contributed by atoms with Gasteiger partial charge in [0, 0.05) is 44.4 Å². The Labute approximate surface area is 158 Å². The SMILES string of the molecule is COCC(=O)N[C@@H]1C[C@H]2C(=O)NC[C@@H](CCC(=O)Nc3ccccc3)N2C1. The lowest BCUT2D eigenvalue weighted by atomic mass is 10.0. The van der Waals surface area contributed by atoms with Crippen molar-refractivity contribution in [3.8, 4) is 0 Å². The summed E-state index contributed by atoms with van der Waals surface area (Å²) >= 11 is 0. The number of carbonyl (C=O) groups excluding carboxylic acids is 3. The molecule has 2 aliphatic heterocycles. The molecule has 1 aromatic carbocycles. The Hall–Kier alpha value is -2.45. The van der Waals surface area contributed by atoms with E-state index in [0.29, 0.717) is 32.4 Å². The van der Waals surface area contributed by atoms with E-state index in [-0.39, 0.29) is 42.5 Å². The molecule has 0 bridgehead atoms. The minimum absolute atomic E-state index is 0.0104. The minimum atomic E-state index is -0.256. The van der Waals surface area contributed by atoms with Gasteiger partial charge in [0.05, 0.1) is 6.04 Å². The van der Waals surface area contributed by atoms with E-state index in [2.05, 4.69) is 20.9 Å². The van der Waals surface area contributed by atoms with Gasteiger partial charge in [-0.15, -0.1) is 0 Å². The van der Waals surface area contributed by atoms with Gasteiger partial charge < -0.3 is 20.7 Å². The minimum Gasteiger partial charge on any atom is -0.375 e. The highest BCUT2D eigenvalue weighted by molar-refractivity contribution is 5.90. The van der Waals surface area contributed by atoms with E-state index in [4.69, 9.17) is 4.74 Å². The second-order valence-electron chi connectivity index (χ2n) is 7.00. The van der Waals surface area contributed by atoms with Gasteiger partial charge >= 0.3 is 0 Å². The first-order chi connectivity index (χ1) is 13.1. The molecule has 0 radical (unpaired) electrons. The van der Waals surface area contributed by atoms with Crippen LogP contribution in [0.25, 0.3) is 0 Å². The van der Waals surface area contributed by atoms with Gasteiger partial charge in [-0.2, -0.15) is 0 Å². The van der Waals surface area contributed by atoms with Gasteiger partial charge in [-0.05, 0) is 25.0 Å². The molecule has 8 nitrogen and oxygen atoms in total.